The summed E-state index contributed by atoms with van der Waals surface area (Å²) in [5.41, 5.74) is 0.0311. The number of hydrogen-bond donors (Lipinski definition) is 2. The van der Waals surface area contributed by atoms with Gasteiger partial charge in [0.2, 0.25) is 0 Å². The van der Waals surface area contributed by atoms with Crippen LogP contribution in [-0.2, 0) is 6.54 Å². The molecule has 1 atom stereocenters. The topological polar surface area (TPSA) is 63.0 Å². The van der Waals surface area contributed by atoms with Crippen LogP contribution in [0, 0.1) is 0 Å². The number of hydrogen-bond acceptors (Lipinski definition) is 4. The molecule has 1 unspecified atom stereocenters. The smallest absolute Gasteiger partial charge is 0.137 e. The van der Waals surface area contributed by atoms with Crippen LogP contribution in [0.25, 0.3) is 0 Å². The average molecular weight is 198 g/mol. The fourth-order valence-electron chi connectivity index (χ4n) is 1.03. The second kappa shape index (κ2) is 4.52. The van der Waals surface area contributed by atoms with E-state index in [2.05, 4.69) is 36.2 Å². The zero-order valence-electron chi connectivity index (χ0n) is 8.94. The van der Waals surface area contributed by atoms with Crippen LogP contribution >= 0.6 is 0 Å². The molecule has 0 saturated heterocycles. The largest absolute Gasteiger partial charge is 0.390 e. The number of aliphatic hydroxyl groups excluding tert-OH is 1. The molecule has 1 rings (SSSR count). The molecule has 2 N–H and O–H groups in total. The molecule has 0 aliphatic carbocycles. The van der Waals surface area contributed by atoms with E-state index in [4.69, 9.17) is 0 Å². The molecule has 0 amide bonds. The van der Waals surface area contributed by atoms with Crippen LogP contribution in [0.4, 0.5) is 0 Å². The van der Waals surface area contributed by atoms with Gasteiger partial charge in [-0.1, -0.05) is 0 Å². The van der Waals surface area contributed by atoms with Crippen LogP contribution in [0.3, 0.4) is 0 Å². The quantitative estimate of drug-likeness (QED) is 0.716. The molecule has 0 aromatic carbocycles. The lowest BCUT2D eigenvalue weighted by Crippen LogP contribution is -2.42. The summed E-state index contributed by atoms with van der Waals surface area (Å²) in [5, 5.41) is 16.8. The van der Waals surface area contributed by atoms with Crippen molar-refractivity contribution in [3.63, 3.8) is 0 Å². The summed E-state index contributed by atoms with van der Waals surface area (Å²) in [5.74, 6) is 0. The summed E-state index contributed by atoms with van der Waals surface area (Å²) in [6, 6.07) is 0. The standard InChI is InChI=1S/C9H18N4O/c1-9(2,3)11-4-8(14)5-13-7-10-6-12-13/h6-8,11,14H,4-5H2,1-3H3. The van der Waals surface area contributed by atoms with Gasteiger partial charge in [-0.15, -0.1) is 0 Å². The third-order valence-electron chi connectivity index (χ3n) is 1.73. The number of rotatable bonds is 4. The lowest BCUT2D eigenvalue weighted by molar-refractivity contribution is 0.137. The van der Waals surface area contributed by atoms with Crippen molar-refractivity contribution in [1.82, 2.24) is 20.1 Å². The minimum atomic E-state index is -0.434. The molecule has 5 nitrogen and oxygen atoms in total. The van der Waals surface area contributed by atoms with Gasteiger partial charge in [-0.25, -0.2) is 4.98 Å². The van der Waals surface area contributed by atoms with E-state index < -0.39 is 6.10 Å². The molecule has 0 spiro atoms. The first-order valence-electron chi connectivity index (χ1n) is 4.73. The van der Waals surface area contributed by atoms with Crippen molar-refractivity contribution in [2.45, 2.75) is 39.0 Å². The fraction of sp³-hybridized carbons (Fsp3) is 0.778. The Hall–Kier alpha value is -0.940. The van der Waals surface area contributed by atoms with Gasteiger partial charge in [0.25, 0.3) is 0 Å². The number of aliphatic hydroxyl groups is 1. The van der Waals surface area contributed by atoms with E-state index in [1.807, 2.05) is 0 Å². The van der Waals surface area contributed by atoms with Crippen molar-refractivity contribution in [3.05, 3.63) is 12.7 Å². The van der Waals surface area contributed by atoms with Gasteiger partial charge in [0, 0.05) is 12.1 Å². The molecule has 0 aliphatic heterocycles. The van der Waals surface area contributed by atoms with Crippen LogP contribution < -0.4 is 5.32 Å². The first kappa shape index (κ1) is 11.1. The van der Waals surface area contributed by atoms with Gasteiger partial charge in [-0.2, -0.15) is 5.10 Å². The molecule has 0 saturated carbocycles. The minimum Gasteiger partial charge on any atom is -0.390 e. The molecular formula is C9H18N4O. The second-order valence-corrected chi connectivity index (χ2v) is 4.40. The second-order valence-electron chi connectivity index (χ2n) is 4.40. The van der Waals surface area contributed by atoms with Gasteiger partial charge in [-0.3, -0.25) is 4.68 Å². The van der Waals surface area contributed by atoms with Crippen molar-refractivity contribution in [2.24, 2.45) is 0 Å². The van der Waals surface area contributed by atoms with Crippen molar-refractivity contribution < 1.29 is 5.11 Å². The van der Waals surface area contributed by atoms with E-state index in [0.29, 0.717) is 13.1 Å². The lowest BCUT2D eigenvalue weighted by Gasteiger charge is -2.22. The third-order valence-corrected chi connectivity index (χ3v) is 1.73. The summed E-state index contributed by atoms with van der Waals surface area (Å²) in [4.78, 5) is 3.80. The molecular weight excluding hydrogens is 180 g/mol. The number of β-amino-alcohol motifs (C(OH)–C–C–N with tert-alkyl or cyclic N) is 1. The van der Waals surface area contributed by atoms with Gasteiger partial charge >= 0.3 is 0 Å². The summed E-state index contributed by atoms with van der Waals surface area (Å²) in [6.45, 7) is 7.23. The van der Waals surface area contributed by atoms with Crippen molar-refractivity contribution in [1.29, 1.82) is 0 Å². The fourth-order valence-corrected chi connectivity index (χ4v) is 1.03. The minimum absolute atomic E-state index is 0.0311. The van der Waals surface area contributed by atoms with E-state index in [-0.39, 0.29) is 5.54 Å². The predicted octanol–water partition coefficient (Wildman–Crippen LogP) is 0.0271. The molecule has 1 heterocycles. The molecule has 0 bridgehead atoms. The Morgan fingerprint density at radius 2 is 2.21 bits per heavy atom. The van der Waals surface area contributed by atoms with Gasteiger partial charge in [-0.05, 0) is 20.8 Å². The van der Waals surface area contributed by atoms with E-state index in [1.165, 1.54) is 6.33 Å². The zero-order chi connectivity index (χ0) is 10.6. The Labute approximate surface area is 84.2 Å². The van der Waals surface area contributed by atoms with E-state index in [1.54, 1.807) is 11.0 Å². The molecule has 80 valence electrons. The maximum absolute atomic E-state index is 9.63. The number of nitrogens with one attached hydrogen (secondary N) is 1. The molecule has 1 aromatic heterocycles. The van der Waals surface area contributed by atoms with Crippen LogP contribution in [0.5, 0.6) is 0 Å². The summed E-state index contributed by atoms with van der Waals surface area (Å²) < 4.78 is 1.62. The lowest BCUT2D eigenvalue weighted by atomic mass is 10.1. The zero-order valence-corrected chi connectivity index (χ0v) is 8.94. The maximum atomic E-state index is 9.63. The maximum Gasteiger partial charge on any atom is 0.137 e. The Bertz CT molecular complexity index is 252. The first-order chi connectivity index (χ1) is 6.47. The Morgan fingerprint density at radius 1 is 1.50 bits per heavy atom. The van der Waals surface area contributed by atoms with Gasteiger partial charge in [0.15, 0.2) is 0 Å². The highest BCUT2D eigenvalue weighted by atomic mass is 16.3. The molecule has 0 aliphatic rings. The SMILES string of the molecule is CC(C)(C)NCC(O)Cn1cncn1. The molecule has 1 aromatic rings. The molecule has 14 heavy (non-hydrogen) atoms. The monoisotopic (exact) mass is 198 g/mol. The number of nitrogens with zero attached hydrogens (tertiary/aromatic N) is 3. The molecule has 0 fully saturated rings. The van der Waals surface area contributed by atoms with E-state index in [0.717, 1.165) is 0 Å². The van der Waals surface area contributed by atoms with Crippen LogP contribution in [0.1, 0.15) is 20.8 Å². The van der Waals surface area contributed by atoms with Crippen LogP contribution in [-0.4, -0.2) is 38.1 Å². The third kappa shape index (κ3) is 4.34. The van der Waals surface area contributed by atoms with Gasteiger partial charge in [0.1, 0.15) is 12.7 Å². The Morgan fingerprint density at radius 3 is 2.71 bits per heavy atom. The summed E-state index contributed by atoms with van der Waals surface area (Å²) in [6.07, 6.45) is 2.63. The van der Waals surface area contributed by atoms with Crippen LogP contribution in [0.2, 0.25) is 0 Å². The van der Waals surface area contributed by atoms with Gasteiger partial charge < -0.3 is 10.4 Å². The van der Waals surface area contributed by atoms with Crippen molar-refractivity contribution in [2.75, 3.05) is 6.54 Å². The van der Waals surface area contributed by atoms with E-state index >= 15 is 0 Å². The van der Waals surface area contributed by atoms with Gasteiger partial charge in [0.05, 0.1) is 12.6 Å². The molecule has 0 radical (unpaired) electrons. The highest BCUT2D eigenvalue weighted by Gasteiger charge is 2.12. The van der Waals surface area contributed by atoms with Crippen molar-refractivity contribution in [3.8, 4) is 0 Å². The van der Waals surface area contributed by atoms with Crippen molar-refractivity contribution >= 4 is 0 Å². The summed E-state index contributed by atoms with van der Waals surface area (Å²) in [7, 11) is 0. The highest BCUT2D eigenvalue weighted by Crippen LogP contribution is 1.98. The first-order valence-corrected chi connectivity index (χ1v) is 4.73. The van der Waals surface area contributed by atoms with E-state index in [9.17, 15) is 5.11 Å². The highest BCUT2D eigenvalue weighted by molar-refractivity contribution is 4.73. The Kier molecular flexibility index (Phi) is 3.60. The number of aromatic nitrogens is 3. The molecule has 5 heteroatoms. The average Bonchev–Trinajstić information content (AvgIpc) is 2.52. The summed E-state index contributed by atoms with van der Waals surface area (Å²) >= 11 is 0. The Balaban J connectivity index is 2.26. The van der Waals surface area contributed by atoms with Crippen LogP contribution in [0.15, 0.2) is 12.7 Å². The predicted molar refractivity (Wildman–Crippen MR) is 53.8 cm³/mol. The normalized spacial score (nSPS) is 14.3.